The molecule has 0 atom stereocenters. The van der Waals surface area contributed by atoms with E-state index in [0.29, 0.717) is 11.5 Å². The summed E-state index contributed by atoms with van der Waals surface area (Å²) in [5.74, 6) is 1.58. The van der Waals surface area contributed by atoms with Crippen molar-refractivity contribution in [3.8, 4) is 5.75 Å². The quantitative estimate of drug-likeness (QED) is 0.385. The first-order valence-corrected chi connectivity index (χ1v) is 7.40. The first kappa shape index (κ1) is 14.2. The molecular formula is C14H19BrN2O2. The summed E-state index contributed by atoms with van der Waals surface area (Å²) >= 11 is 3.40. The van der Waals surface area contributed by atoms with Crippen LogP contribution in [-0.4, -0.2) is 17.6 Å². The molecule has 0 aliphatic heterocycles. The molecule has 0 aromatic heterocycles. The summed E-state index contributed by atoms with van der Waals surface area (Å²) in [6, 6.07) is 5.49. The van der Waals surface area contributed by atoms with E-state index in [1.807, 2.05) is 12.1 Å². The second kappa shape index (κ2) is 6.80. The fraction of sp³-hybridized carbons (Fsp3) is 0.500. The van der Waals surface area contributed by atoms with Gasteiger partial charge < -0.3 is 15.7 Å². The molecule has 1 aliphatic rings. The average molecular weight is 327 g/mol. The molecule has 0 saturated heterocycles. The van der Waals surface area contributed by atoms with Crippen LogP contribution in [-0.2, 0) is 0 Å². The van der Waals surface area contributed by atoms with E-state index in [9.17, 15) is 0 Å². The van der Waals surface area contributed by atoms with Crippen molar-refractivity contribution in [1.29, 1.82) is 0 Å². The maximum atomic E-state index is 8.67. The summed E-state index contributed by atoms with van der Waals surface area (Å²) < 4.78 is 6.59. The molecule has 0 bridgehead atoms. The van der Waals surface area contributed by atoms with E-state index < -0.39 is 0 Å². The SMILES string of the molecule is N/C(=N/O)c1ccc(OCC2CCCCC2)cc1Br. The van der Waals surface area contributed by atoms with Gasteiger partial charge in [0.2, 0.25) is 0 Å². The number of nitrogens with two attached hydrogens (primary N) is 1. The van der Waals surface area contributed by atoms with Crippen molar-refractivity contribution in [1.82, 2.24) is 0 Å². The molecular weight excluding hydrogens is 308 g/mol. The number of oxime groups is 1. The van der Waals surface area contributed by atoms with Gasteiger partial charge in [-0.05, 0) is 52.9 Å². The third-order valence-corrected chi connectivity index (χ3v) is 4.19. The number of hydrogen-bond acceptors (Lipinski definition) is 3. The maximum absolute atomic E-state index is 8.67. The van der Waals surface area contributed by atoms with Crippen LogP contribution in [0, 0.1) is 5.92 Å². The molecule has 4 nitrogen and oxygen atoms in total. The fourth-order valence-corrected chi connectivity index (χ4v) is 2.98. The van der Waals surface area contributed by atoms with Gasteiger partial charge >= 0.3 is 0 Å². The van der Waals surface area contributed by atoms with Crippen LogP contribution in [0.15, 0.2) is 27.8 Å². The highest BCUT2D eigenvalue weighted by Gasteiger charge is 2.14. The van der Waals surface area contributed by atoms with Crippen LogP contribution >= 0.6 is 15.9 Å². The lowest BCUT2D eigenvalue weighted by Crippen LogP contribution is -2.16. The molecule has 19 heavy (non-hydrogen) atoms. The van der Waals surface area contributed by atoms with E-state index in [1.54, 1.807) is 6.07 Å². The molecule has 1 aliphatic carbocycles. The standard InChI is InChI=1S/C14H19BrN2O2/c15-13-8-11(6-7-12(13)14(16)17-18)19-9-10-4-2-1-3-5-10/h6-8,10,18H,1-5,9H2,(H2,16,17). The molecule has 0 spiro atoms. The summed E-state index contributed by atoms with van der Waals surface area (Å²) in [5.41, 5.74) is 6.22. The Bertz CT molecular complexity index is 457. The Labute approximate surface area is 121 Å². The van der Waals surface area contributed by atoms with Crippen LogP contribution in [0.5, 0.6) is 5.75 Å². The number of halogens is 1. The second-order valence-corrected chi connectivity index (χ2v) is 5.80. The molecule has 0 amide bonds. The van der Waals surface area contributed by atoms with Crippen molar-refractivity contribution in [3.05, 3.63) is 28.2 Å². The van der Waals surface area contributed by atoms with Crippen LogP contribution in [0.25, 0.3) is 0 Å². The Kier molecular flexibility index (Phi) is 5.07. The minimum atomic E-state index is 0.0886. The maximum Gasteiger partial charge on any atom is 0.171 e. The third-order valence-electron chi connectivity index (χ3n) is 3.53. The van der Waals surface area contributed by atoms with Crippen molar-refractivity contribution < 1.29 is 9.94 Å². The van der Waals surface area contributed by atoms with Crippen molar-refractivity contribution in [2.24, 2.45) is 16.8 Å². The molecule has 1 saturated carbocycles. The predicted molar refractivity (Wildman–Crippen MR) is 78.7 cm³/mol. The predicted octanol–water partition coefficient (Wildman–Crippen LogP) is 3.50. The molecule has 0 heterocycles. The van der Waals surface area contributed by atoms with E-state index in [4.69, 9.17) is 15.7 Å². The van der Waals surface area contributed by atoms with Gasteiger partial charge in [0, 0.05) is 10.0 Å². The lowest BCUT2D eigenvalue weighted by atomic mass is 9.90. The third kappa shape index (κ3) is 3.86. The zero-order valence-corrected chi connectivity index (χ0v) is 12.4. The zero-order valence-electron chi connectivity index (χ0n) is 10.8. The van der Waals surface area contributed by atoms with Gasteiger partial charge in [-0.25, -0.2) is 0 Å². The van der Waals surface area contributed by atoms with Gasteiger partial charge in [-0.3, -0.25) is 0 Å². The van der Waals surface area contributed by atoms with Gasteiger partial charge in [-0.2, -0.15) is 0 Å². The van der Waals surface area contributed by atoms with Crippen molar-refractivity contribution >= 4 is 21.8 Å². The Morgan fingerprint density at radius 2 is 2.11 bits per heavy atom. The Morgan fingerprint density at radius 3 is 2.74 bits per heavy atom. The Hall–Kier alpha value is -1.23. The van der Waals surface area contributed by atoms with Crippen LogP contribution in [0.2, 0.25) is 0 Å². The summed E-state index contributed by atoms with van der Waals surface area (Å²) in [6.07, 6.45) is 6.53. The van der Waals surface area contributed by atoms with Crippen LogP contribution < -0.4 is 10.5 Å². The van der Waals surface area contributed by atoms with E-state index in [0.717, 1.165) is 16.8 Å². The van der Waals surface area contributed by atoms with E-state index >= 15 is 0 Å². The molecule has 0 radical (unpaired) electrons. The Balaban J connectivity index is 1.96. The molecule has 1 aromatic carbocycles. The molecule has 3 N–H and O–H groups in total. The Morgan fingerprint density at radius 1 is 1.37 bits per heavy atom. The van der Waals surface area contributed by atoms with Crippen LogP contribution in [0.3, 0.4) is 0 Å². The molecule has 104 valence electrons. The van der Waals surface area contributed by atoms with Gasteiger partial charge in [-0.1, -0.05) is 24.4 Å². The largest absolute Gasteiger partial charge is 0.493 e. The number of benzene rings is 1. The summed E-state index contributed by atoms with van der Waals surface area (Å²) in [6.45, 7) is 0.773. The highest BCUT2D eigenvalue weighted by Crippen LogP contribution is 2.27. The monoisotopic (exact) mass is 326 g/mol. The number of amidine groups is 1. The summed E-state index contributed by atoms with van der Waals surface area (Å²) in [7, 11) is 0. The molecule has 2 rings (SSSR count). The average Bonchev–Trinajstić information content (AvgIpc) is 2.45. The molecule has 1 aromatic rings. The van der Waals surface area contributed by atoms with Gasteiger partial charge in [-0.15, -0.1) is 0 Å². The molecule has 1 fully saturated rings. The highest BCUT2D eigenvalue weighted by molar-refractivity contribution is 9.10. The van der Waals surface area contributed by atoms with E-state index in [1.165, 1.54) is 32.1 Å². The van der Waals surface area contributed by atoms with Crippen molar-refractivity contribution in [2.45, 2.75) is 32.1 Å². The lowest BCUT2D eigenvalue weighted by molar-refractivity contribution is 0.208. The molecule has 0 unspecified atom stereocenters. The van der Waals surface area contributed by atoms with Crippen LogP contribution in [0.1, 0.15) is 37.7 Å². The number of ether oxygens (including phenoxy) is 1. The van der Waals surface area contributed by atoms with Crippen molar-refractivity contribution in [2.75, 3.05) is 6.61 Å². The minimum Gasteiger partial charge on any atom is -0.493 e. The number of rotatable bonds is 4. The summed E-state index contributed by atoms with van der Waals surface area (Å²) in [4.78, 5) is 0. The van der Waals surface area contributed by atoms with E-state index in [2.05, 4.69) is 21.1 Å². The molecule has 5 heteroatoms. The van der Waals surface area contributed by atoms with Crippen molar-refractivity contribution in [3.63, 3.8) is 0 Å². The smallest absolute Gasteiger partial charge is 0.171 e. The van der Waals surface area contributed by atoms with Gasteiger partial charge in [0.25, 0.3) is 0 Å². The normalized spacial score (nSPS) is 17.4. The second-order valence-electron chi connectivity index (χ2n) is 4.94. The van der Waals surface area contributed by atoms with Gasteiger partial charge in [0.05, 0.1) is 6.61 Å². The highest BCUT2D eigenvalue weighted by atomic mass is 79.9. The lowest BCUT2D eigenvalue weighted by Gasteiger charge is -2.21. The minimum absolute atomic E-state index is 0.0886. The number of hydrogen-bond donors (Lipinski definition) is 2. The summed E-state index contributed by atoms with van der Waals surface area (Å²) in [5, 5.41) is 11.7. The van der Waals surface area contributed by atoms with E-state index in [-0.39, 0.29) is 5.84 Å². The zero-order chi connectivity index (χ0) is 13.7. The topological polar surface area (TPSA) is 67.8 Å². The van der Waals surface area contributed by atoms with Crippen LogP contribution in [0.4, 0.5) is 0 Å². The van der Waals surface area contributed by atoms with Gasteiger partial charge in [0.1, 0.15) is 5.75 Å². The fourth-order valence-electron chi connectivity index (χ4n) is 2.42. The van der Waals surface area contributed by atoms with Gasteiger partial charge in [0.15, 0.2) is 5.84 Å². The number of nitrogens with zero attached hydrogens (tertiary/aromatic N) is 1. The first-order chi connectivity index (χ1) is 9.20. The first-order valence-electron chi connectivity index (χ1n) is 6.61.